The Hall–Kier alpha value is -3.67. The summed E-state index contributed by atoms with van der Waals surface area (Å²) in [6, 6.07) is 6.92. The van der Waals surface area contributed by atoms with Gasteiger partial charge in [0.15, 0.2) is 11.5 Å². The Kier molecular flexibility index (Phi) is 3.94. The van der Waals surface area contributed by atoms with E-state index in [1.54, 1.807) is 18.2 Å². The van der Waals surface area contributed by atoms with E-state index in [2.05, 4.69) is 9.97 Å². The van der Waals surface area contributed by atoms with Crippen molar-refractivity contribution < 1.29 is 14.2 Å². The Morgan fingerprint density at radius 3 is 2.56 bits per heavy atom. The lowest BCUT2D eigenvalue weighted by Crippen LogP contribution is -2.33. The maximum Gasteiger partial charge on any atom is 0.328 e. The van der Waals surface area contributed by atoms with Gasteiger partial charge in [0.2, 0.25) is 11.8 Å². The quantitative estimate of drug-likeness (QED) is 0.727. The molecule has 0 amide bonds. The third-order valence-electron chi connectivity index (χ3n) is 3.86. The van der Waals surface area contributed by atoms with Crippen molar-refractivity contribution in [3.05, 3.63) is 61.6 Å². The van der Waals surface area contributed by atoms with Crippen LogP contribution in [0.1, 0.15) is 17.0 Å². The van der Waals surface area contributed by atoms with Crippen molar-refractivity contribution in [2.75, 3.05) is 14.2 Å². The second-order valence-corrected chi connectivity index (χ2v) is 5.19. The van der Waals surface area contributed by atoms with Crippen LogP contribution in [0.25, 0.3) is 0 Å². The van der Waals surface area contributed by atoms with Crippen molar-refractivity contribution in [3.8, 4) is 23.4 Å². The Morgan fingerprint density at radius 1 is 1.20 bits per heavy atom. The first-order valence-electron chi connectivity index (χ1n) is 7.16. The summed E-state index contributed by atoms with van der Waals surface area (Å²) in [6.07, 6.45) is 0. The molecule has 0 fully saturated rings. The van der Waals surface area contributed by atoms with Crippen LogP contribution >= 0.6 is 0 Å². The summed E-state index contributed by atoms with van der Waals surface area (Å²) in [5, 5.41) is 9.48. The van der Waals surface area contributed by atoms with Crippen LogP contribution in [0.4, 0.5) is 0 Å². The number of rotatable bonds is 3. The van der Waals surface area contributed by atoms with Gasteiger partial charge in [0.25, 0.3) is 5.56 Å². The lowest BCUT2D eigenvalue weighted by atomic mass is 9.85. The molecule has 1 aliphatic rings. The number of hydrogen-bond acceptors (Lipinski definition) is 7. The SMILES string of the molecule is COc1ccc([C@@H]2C(C#N)=C(N)Oc3[nH]c(=O)[nH]c(=O)c32)cc1OC. The minimum atomic E-state index is -0.825. The standard InChI is InChI=1S/C16H14N4O5/c1-23-9-4-3-7(5-10(9)24-2)11-8(6-17)13(18)25-15-12(11)14(21)19-16(22)20-15/h3-5,11H,18H2,1-2H3,(H2,19,20,21,22)/t11-/m1/s1. The van der Waals surface area contributed by atoms with Crippen LogP contribution in [0.2, 0.25) is 0 Å². The van der Waals surface area contributed by atoms with Gasteiger partial charge in [0.05, 0.1) is 25.7 Å². The minimum absolute atomic E-state index is 0.0530. The zero-order chi connectivity index (χ0) is 18.1. The van der Waals surface area contributed by atoms with Crippen molar-refractivity contribution >= 4 is 0 Å². The van der Waals surface area contributed by atoms with Gasteiger partial charge in [-0.25, -0.2) is 4.79 Å². The van der Waals surface area contributed by atoms with Crippen molar-refractivity contribution in [1.82, 2.24) is 9.97 Å². The predicted molar refractivity (Wildman–Crippen MR) is 86.5 cm³/mol. The number of nitriles is 1. The highest BCUT2D eigenvalue weighted by molar-refractivity contribution is 5.55. The number of nitrogens with two attached hydrogens (primary N) is 1. The highest BCUT2D eigenvalue weighted by Crippen LogP contribution is 2.41. The van der Waals surface area contributed by atoms with Crippen LogP contribution in [-0.4, -0.2) is 24.2 Å². The number of methoxy groups -OCH3 is 2. The molecule has 128 valence electrons. The molecule has 0 bridgehead atoms. The highest BCUT2D eigenvalue weighted by Gasteiger charge is 2.34. The smallest absolute Gasteiger partial charge is 0.328 e. The molecule has 0 radical (unpaired) electrons. The lowest BCUT2D eigenvalue weighted by molar-refractivity contribution is 0.353. The summed E-state index contributed by atoms with van der Waals surface area (Å²) in [6.45, 7) is 0. The molecule has 0 spiro atoms. The van der Waals surface area contributed by atoms with E-state index in [0.29, 0.717) is 17.1 Å². The average Bonchev–Trinajstić information content (AvgIpc) is 2.59. The van der Waals surface area contributed by atoms with Crippen molar-refractivity contribution in [1.29, 1.82) is 5.26 Å². The molecule has 1 aromatic carbocycles. The summed E-state index contributed by atoms with van der Waals surface area (Å²) in [5.74, 6) is -0.190. The van der Waals surface area contributed by atoms with Crippen LogP contribution < -0.4 is 31.2 Å². The maximum absolute atomic E-state index is 12.3. The zero-order valence-corrected chi connectivity index (χ0v) is 13.4. The fourth-order valence-electron chi connectivity index (χ4n) is 2.75. The molecule has 9 heteroatoms. The van der Waals surface area contributed by atoms with Crippen molar-refractivity contribution in [2.45, 2.75) is 5.92 Å². The van der Waals surface area contributed by atoms with Crippen LogP contribution in [-0.2, 0) is 0 Å². The molecule has 4 N–H and O–H groups in total. The number of benzene rings is 1. The number of nitrogens with one attached hydrogen (secondary N) is 2. The normalized spacial score (nSPS) is 15.8. The van der Waals surface area contributed by atoms with Crippen LogP contribution in [0.5, 0.6) is 17.4 Å². The van der Waals surface area contributed by atoms with E-state index in [1.807, 2.05) is 6.07 Å². The largest absolute Gasteiger partial charge is 0.493 e. The number of fused-ring (bicyclic) bond motifs is 1. The number of hydrogen-bond donors (Lipinski definition) is 3. The molecular weight excluding hydrogens is 328 g/mol. The van der Waals surface area contributed by atoms with E-state index >= 15 is 0 Å². The topological polar surface area (TPSA) is 143 Å². The monoisotopic (exact) mass is 342 g/mol. The van der Waals surface area contributed by atoms with E-state index < -0.39 is 17.2 Å². The Balaban J connectivity index is 2.29. The number of nitrogens with zero attached hydrogens (tertiary/aromatic N) is 1. The fraction of sp³-hybridized carbons (Fsp3) is 0.188. The predicted octanol–water partition coefficient (Wildman–Crippen LogP) is 0.299. The molecule has 0 saturated heterocycles. The molecule has 1 aliphatic heterocycles. The van der Waals surface area contributed by atoms with Gasteiger partial charge in [0, 0.05) is 0 Å². The van der Waals surface area contributed by atoms with Crippen LogP contribution in [0, 0.1) is 11.3 Å². The van der Waals surface area contributed by atoms with Gasteiger partial charge < -0.3 is 19.9 Å². The van der Waals surface area contributed by atoms with Crippen molar-refractivity contribution in [2.24, 2.45) is 5.73 Å². The van der Waals surface area contributed by atoms with E-state index in [0.717, 1.165) is 0 Å². The fourth-order valence-corrected chi connectivity index (χ4v) is 2.75. The molecule has 1 atom stereocenters. The highest BCUT2D eigenvalue weighted by atomic mass is 16.5. The Morgan fingerprint density at radius 2 is 1.92 bits per heavy atom. The van der Waals surface area contributed by atoms with E-state index in [4.69, 9.17) is 19.9 Å². The van der Waals surface area contributed by atoms with E-state index in [9.17, 15) is 14.9 Å². The first kappa shape index (κ1) is 16.2. The Labute approximate surface area is 141 Å². The van der Waals surface area contributed by atoms with Crippen molar-refractivity contribution in [3.63, 3.8) is 0 Å². The van der Waals surface area contributed by atoms with Gasteiger partial charge in [0.1, 0.15) is 11.6 Å². The summed E-state index contributed by atoms with van der Waals surface area (Å²) in [5.41, 5.74) is 5.09. The minimum Gasteiger partial charge on any atom is -0.493 e. The lowest BCUT2D eigenvalue weighted by Gasteiger charge is -2.25. The first-order chi connectivity index (χ1) is 12.0. The Bertz CT molecular complexity index is 1030. The summed E-state index contributed by atoms with van der Waals surface area (Å²) < 4.78 is 15.7. The first-order valence-corrected chi connectivity index (χ1v) is 7.16. The van der Waals surface area contributed by atoms with Gasteiger partial charge >= 0.3 is 5.69 Å². The molecule has 3 rings (SSSR count). The van der Waals surface area contributed by atoms with Gasteiger partial charge in [-0.05, 0) is 17.7 Å². The van der Waals surface area contributed by atoms with Gasteiger partial charge in [-0.1, -0.05) is 6.07 Å². The van der Waals surface area contributed by atoms with Gasteiger partial charge in [-0.2, -0.15) is 5.26 Å². The third kappa shape index (κ3) is 2.59. The molecule has 0 unspecified atom stereocenters. The van der Waals surface area contributed by atoms with Crippen LogP contribution in [0.3, 0.4) is 0 Å². The second-order valence-electron chi connectivity index (χ2n) is 5.19. The molecule has 9 nitrogen and oxygen atoms in total. The maximum atomic E-state index is 12.3. The molecular formula is C16H14N4O5. The summed E-state index contributed by atoms with van der Waals surface area (Å²) >= 11 is 0. The number of ether oxygens (including phenoxy) is 3. The molecule has 1 aromatic heterocycles. The van der Waals surface area contributed by atoms with E-state index in [-0.39, 0.29) is 22.9 Å². The number of aromatic amines is 2. The molecule has 25 heavy (non-hydrogen) atoms. The number of allylic oxidation sites excluding steroid dienone is 1. The summed E-state index contributed by atoms with van der Waals surface area (Å²) in [4.78, 5) is 28.3. The second kappa shape index (κ2) is 6.09. The molecule has 0 aliphatic carbocycles. The molecule has 2 aromatic rings. The number of H-pyrrole nitrogens is 2. The number of aromatic nitrogens is 2. The average molecular weight is 342 g/mol. The zero-order valence-electron chi connectivity index (χ0n) is 13.4. The molecule has 2 heterocycles. The third-order valence-corrected chi connectivity index (χ3v) is 3.86. The van der Waals surface area contributed by atoms with Gasteiger partial charge in [-0.15, -0.1) is 0 Å². The summed E-state index contributed by atoms with van der Waals surface area (Å²) in [7, 11) is 2.97. The van der Waals surface area contributed by atoms with E-state index in [1.165, 1.54) is 14.2 Å². The van der Waals surface area contributed by atoms with Crippen LogP contribution in [0.15, 0.2) is 39.2 Å². The molecule has 0 saturated carbocycles. The van der Waals surface area contributed by atoms with Gasteiger partial charge in [-0.3, -0.25) is 14.8 Å².